The van der Waals surface area contributed by atoms with Gasteiger partial charge in [-0.05, 0) is 42.0 Å². The van der Waals surface area contributed by atoms with Gasteiger partial charge in [0.1, 0.15) is 11.3 Å². The number of benzene rings is 2. The number of ether oxygens (including phenoxy) is 1. The maximum atomic E-state index is 12.2. The molecule has 0 atom stereocenters. The van der Waals surface area contributed by atoms with Crippen molar-refractivity contribution in [3.8, 4) is 16.2 Å². The van der Waals surface area contributed by atoms with E-state index in [2.05, 4.69) is 15.5 Å². The number of hydrogen-bond acceptors (Lipinski definition) is 7. The summed E-state index contributed by atoms with van der Waals surface area (Å²) in [5, 5.41) is 5.63. The molecule has 0 amide bonds. The van der Waals surface area contributed by atoms with E-state index in [1.807, 2.05) is 48.5 Å². The summed E-state index contributed by atoms with van der Waals surface area (Å²) >= 11 is 1.33. The molecule has 0 aliphatic heterocycles. The normalized spacial score (nSPS) is 11.1. The fraction of sp³-hybridized carbons (Fsp3) is 0.0500. The van der Waals surface area contributed by atoms with Gasteiger partial charge in [-0.25, -0.2) is 9.78 Å². The summed E-state index contributed by atoms with van der Waals surface area (Å²) < 4.78 is 10.5. The van der Waals surface area contributed by atoms with Gasteiger partial charge in [0.2, 0.25) is 5.13 Å². The Kier molecular flexibility index (Phi) is 4.67. The molecule has 6 nitrogen and oxygen atoms in total. The zero-order valence-electron chi connectivity index (χ0n) is 14.4. The number of hydrogen-bond donors (Lipinski definition) is 1. The Morgan fingerprint density at radius 2 is 2.00 bits per heavy atom. The molecule has 4 rings (SSSR count). The molecule has 4 aromatic rings. The molecule has 0 spiro atoms. The number of rotatable bonds is 5. The van der Waals surface area contributed by atoms with Crippen molar-refractivity contribution in [2.75, 3.05) is 12.5 Å². The Morgan fingerprint density at radius 1 is 1.19 bits per heavy atom. The molecule has 134 valence electrons. The lowest BCUT2D eigenvalue weighted by Crippen LogP contribution is -2.01. The number of aromatic nitrogens is 1. The molecular formula is C20H15N3O3S. The number of para-hydroxylation sites is 1. The average molecular weight is 377 g/mol. The van der Waals surface area contributed by atoms with Crippen molar-refractivity contribution in [1.82, 2.24) is 4.98 Å². The highest BCUT2D eigenvalue weighted by atomic mass is 32.1. The second-order valence-electron chi connectivity index (χ2n) is 5.66. The smallest absolute Gasteiger partial charge is 0.345 e. The topological polar surface area (TPSA) is 76.7 Å². The van der Waals surface area contributed by atoms with Crippen LogP contribution >= 0.6 is 11.3 Å². The Balaban J connectivity index is 1.52. The number of nitrogens with one attached hydrogen (secondary N) is 1. The molecule has 2 aromatic heterocycles. The van der Waals surface area contributed by atoms with Gasteiger partial charge in [-0.2, -0.15) is 5.10 Å². The van der Waals surface area contributed by atoms with E-state index in [0.29, 0.717) is 16.3 Å². The van der Waals surface area contributed by atoms with Crippen LogP contribution in [0.4, 0.5) is 5.13 Å². The predicted octanol–water partition coefficient (Wildman–Crippen LogP) is 4.37. The molecule has 0 radical (unpaired) electrons. The third-order valence-corrected chi connectivity index (χ3v) is 4.84. The minimum Gasteiger partial charge on any atom is -0.497 e. The number of nitrogens with zero attached hydrogens (tertiary/aromatic N) is 2. The van der Waals surface area contributed by atoms with Gasteiger partial charge in [-0.3, -0.25) is 5.43 Å². The summed E-state index contributed by atoms with van der Waals surface area (Å²) in [6.07, 6.45) is 3.32. The van der Waals surface area contributed by atoms with Crippen molar-refractivity contribution >= 4 is 33.7 Å². The fourth-order valence-electron chi connectivity index (χ4n) is 2.54. The van der Waals surface area contributed by atoms with Crippen molar-refractivity contribution < 1.29 is 9.15 Å². The molecule has 0 unspecified atom stereocenters. The second kappa shape index (κ2) is 7.43. The van der Waals surface area contributed by atoms with Crippen LogP contribution in [0.25, 0.3) is 21.4 Å². The van der Waals surface area contributed by atoms with Crippen LogP contribution in [0.3, 0.4) is 0 Å². The van der Waals surface area contributed by atoms with Gasteiger partial charge in [0.25, 0.3) is 0 Å². The van der Waals surface area contributed by atoms with E-state index >= 15 is 0 Å². The summed E-state index contributed by atoms with van der Waals surface area (Å²) in [4.78, 5) is 17.2. The second-order valence-corrected chi connectivity index (χ2v) is 6.69. The molecule has 0 fully saturated rings. The van der Waals surface area contributed by atoms with Crippen molar-refractivity contribution in [2.45, 2.75) is 0 Å². The Bertz CT molecular complexity index is 1160. The molecule has 0 bridgehead atoms. The first kappa shape index (κ1) is 17.0. The summed E-state index contributed by atoms with van der Waals surface area (Å²) in [5.74, 6) is 0.791. The maximum Gasteiger partial charge on any atom is 0.345 e. The highest BCUT2D eigenvalue weighted by Gasteiger charge is 2.11. The van der Waals surface area contributed by atoms with Gasteiger partial charge in [0.15, 0.2) is 0 Å². The van der Waals surface area contributed by atoms with Crippen molar-refractivity contribution in [3.05, 3.63) is 76.8 Å². The van der Waals surface area contributed by atoms with Crippen LogP contribution < -0.4 is 15.8 Å². The molecule has 2 aromatic carbocycles. The Morgan fingerprint density at radius 3 is 2.81 bits per heavy atom. The third kappa shape index (κ3) is 3.73. The van der Waals surface area contributed by atoms with Gasteiger partial charge in [-0.15, -0.1) is 0 Å². The lowest BCUT2D eigenvalue weighted by molar-refractivity contribution is 0.415. The lowest BCUT2D eigenvalue weighted by Gasteiger charge is -1.99. The van der Waals surface area contributed by atoms with Gasteiger partial charge >= 0.3 is 5.63 Å². The van der Waals surface area contributed by atoms with E-state index in [1.54, 1.807) is 25.6 Å². The minimum atomic E-state index is -0.384. The van der Waals surface area contributed by atoms with Crippen molar-refractivity contribution in [3.63, 3.8) is 0 Å². The highest BCUT2D eigenvalue weighted by Crippen LogP contribution is 2.28. The monoisotopic (exact) mass is 377 g/mol. The van der Waals surface area contributed by atoms with Crippen molar-refractivity contribution in [1.29, 1.82) is 0 Å². The quantitative estimate of drug-likeness (QED) is 0.317. The SMILES string of the molecule is COc1ccc(/C=N\Nc2ncc(-c3cc4ccccc4oc3=O)s2)cc1. The number of fused-ring (bicyclic) bond motifs is 1. The standard InChI is InChI=1S/C20H15N3O3S/c1-25-15-8-6-13(7-9-15)11-22-23-20-21-12-18(27-20)16-10-14-4-2-3-5-17(14)26-19(16)24/h2-12H,1H3,(H,21,23)/b22-11-. The first-order valence-electron chi connectivity index (χ1n) is 8.15. The first-order valence-corrected chi connectivity index (χ1v) is 8.97. The van der Waals surface area contributed by atoms with Crippen LogP contribution in [0.5, 0.6) is 5.75 Å². The van der Waals surface area contributed by atoms with Gasteiger partial charge < -0.3 is 9.15 Å². The first-order chi connectivity index (χ1) is 13.2. The Hall–Kier alpha value is -3.45. The zero-order valence-corrected chi connectivity index (χ0v) is 15.2. The van der Waals surface area contributed by atoms with Crippen LogP contribution in [-0.4, -0.2) is 18.3 Å². The maximum absolute atomic E-state index is 12.2. The summed E-state index contributed by atoms with van der Waals surface area (Å²) in [6.45, 7) is 0. The van der Waals surface area contributed by atoms with E-state index in [4.69, 9.17) is 9.15 Å². The van der Waals surface area contributed by atoms with Crippen LogP contribution in [0.15, 0.2) is 75.1 Å². The van der Waals surface area contributed by atoms with E-state index in [-0.39, 0.29) is 5.63 Å². The van der Waals surface area contributed by atoms with Crippen LogP contribution in [0.1, 0.15) is 5.56 Å². The molecular weight excluding hydrogens is 362 g/mol. The molecule has 27 heavy (non-hydrogen) atoms. The fourth-order valence-corrected chi connectivity index (χ4v) is 3.31. The van der Waals surface area contributed by atoms with E-state index in [0.717, 1.165) is 21.6 Å². The predicted molar refractivity (Wildman–Crippen MR) is 108 cm³/mol. The van der Waals surface area contributed by atoms with Gasteiger partial charge in [0.05, 0.1) is 23.8 Å². The molecule has 0 saturated heterocycles. The molecule has 0 aliphatic carbocycles. The lowest BCUT2D eigenvalue weighted by atomic mass is 10.2. The van der Waals surface area contributed by atoms with Crippen molar-refractivity contribution in [2.24, 2.45) is 5.10 Å². The summed E-state index contributed by atoms with van der Waals surface area (Å²) in [7, 11) is 1.63. The zero-order chi connectivity index (χ0) is 18.6. The Labute approximate surface area is 158 Å². The number of thiazole rings is 1. The minimum absolute atomic E-state index is 0.384. The average Bonchev–Trinajstić information content (AvgIpc) is 3.16. The third-order valence-electron chi connectivity index (χ3n) is 3.90. The number of methoxy groups -OCH3 is 1. The van der Waals surface area contributed by atoms with Crippen LogP contribution in [-0.2, 0) is 0 Å². The van der Waals surface area contributed by atoms with Crippen LogP contribution in [0.2, 0.25) is 0 Å². The van der Waals surface area contributed by atoms with Crippen LogP contribution in [0, 0.1) is 0 Å². The van der Waals surface area contributed by atoms with E-state index in [9.17, 15) is 4.79 Å². The number of anilines is 1. The summed E-state index contributed by atoms with van der Waals surface area (Å²) in [6, 6.07) is 16.8. The molecule has 2 heterocycles. The molecule has 1 N–H and O–H groups in total. The van der Waals surface area contributed by atoms with Gasteiger partial charge in [-0.1, -0.05) is 29.5 Å². The molecule has 0 aliphatic rings. The van der Waals surface area contributed by atoms with E-state index < -0.39 is 0 Å². The highest BCUT2D eigenvalue weighted by molar-refractivity contribution is 7.18. The largest absolute Gasteiger partial charge is 0.497 e. The molecule has 7 heteroatoms. The number of hydrazone groups is 1. The summed E-state index contributed by atoms with van der Waals surface area (Å²) in [5.41, 5.74) is 4.48. The van der Waals surface area contributed by atoms with Gasteiger partial charge in [0, 0.05) is 11.6 Å². The van der Waals surface area contributed by atoms with E-state index in [1.165, 1.54) is 11.3 Å². The molecule has 0 saturated carbocycles.